The molecule has 0 aromatic heterocycles. The van der Waals surface area contributed by atoms with Crippen molar-refractivity contribution < 1.29 is 4.74 Å². The number of fused-ring (bicyclic) bond motifs is 1. The van der Waals surface area contributed by atoms with Crippen LogP contribution in [0.25, 0.3) is 0 Å². The molecule has 0 bridgehead atoms. The minimum atomic E-state index is 0.271. The van der Waals surface area contributed by atoms with Gasteiger partial charge in [0, 0.05) is 25.1 Å². The van der Waals surface area contributed by atoms with Crippen LogP contribution in [0.1, 0.15) is 50.2 Å². The van der Waals surface area contributed by atoms with Crippen molar-refractivity contribution in [2.24, 2.45) is 0 Å². The zero-order valence-corrected chi connectivity index (χ0v) is 12.8. The highest BCUT2D eigenvalue weighted by molar-refractivity contribution is 5.37. The first-order chi connectivity index (χ1) is 9.73. The van der Waals surface area contributed by atoms with Crippen molar-refractivity contribution in [3.05, 3.63) is 35.4 Å². The number of hydrogen-bond donors (Lipinski definition) is 1. The van der Waals surface area contributed by atoms with E-state index < -0.39 is 0 Å². The SMILES string of the molecule is COC(C)CC1(CNC2CC2)CCCc2ccccc21. The second-order valence-corrected chi connectivity index (χ2v) is 6.70. The molecule has 1 aromatic carbocycles. The van der Waals surface area contributed by atoms with Crippen molar-refractivity contribution in [2.75, 3.05) is 13.7 Å². The largest absolute Gasteiger partial charge is 0.382 e. The van der Waals surface area contributed by atoms with Gasteiger partial charge in [0.2, 0.25) is 0 Å². The van der Waals surface area contributed by atoms with Crippen LogP contribution in [0, 0.1) is 0 Å². The third-order valence-corrected chi connectivity index (χ3v) is 5.08. The van der Waals surface area contributed by atoms with Crippen LogP contribution in [-0.4, -0.2) is 25.8 Å². The summed E-state index contributed by atoms with van der Waals surface area (Å²) in [5.74, 6) is 0. The molecule has 1 saturated carbocycles. The normalized spacial score (nSPS) is 27.1. The average molecular weight is 273 g/mol. The van der Waals surface area contributed by atoms with E-state index in [2.05, 4.69) is 36.5 Å². The maximum Gasteiger partial charge on any atom is 0.0552 e. The van der Waals surface area contributed by atoms with E-state index in [1.54, 1.807) is 11.1 Å². The Kier molecular flexibility index (Phi) is 4.13. The fourth-order valence-corrected chi connectivity index (χ4v) is 3.74. The molecule has 0 spiro atoms. The number of ether oxygens (including phenoxy) is 1. The van der Waals surface area contributed by atoms with E-state index in [0.717, 1.165) is 19.0 Å². The smallest absolute Gasteiger partial charge is 0.0552 e. The summed E-state index contributed by atoms with van der Waals surface area (Å²) >= 11 is 0. The van der Waals surface area contributed by atoms with Crippen LogP contribution in [0.5, 0.6) is 0 Å². The Bertz CT molecular complexity index is 454. The molecular weight excluding hydrogens is 246 g/mol. The highest BCUT2D eigenvalue weighted by Gasteiger charge is 2.38. The fraction of sp³-hybridized carbons (Fsp3) is 0.667. The Morgan fingerprint density at radius 2 is 2.15 bits per heavy atom. The van der Waals surface area contributed by atoms with E-state index in [1.165, 1.54) is 32.1 Å². The Labute approximate surface area is 122 Å². The molecule has 20 heavy (non-hydrogen) atoms. The molecule has 3 rings (SSSR count). The van der Waals surface area contributed by atoms with Crippen molar-refractivity contribution in [1.82, 2.24) is 5.32 Å². The Morgan fingerprint density at radius 1 is 1.35 bits per heavy atom. The van der Waals surface area contributed by atoms with Crippen LogP contribution in [-0.2, 0) is 16.6 Å². The van der Waals surface area contributed by atoms with Gasteiger partial charge in [0.25, 0.3) is 0 Å². The zero-order chi connectivity index (χ0) is 14.0. The predicted octanol–water partition coefficient (Wildman–Crippen LogP) is 3.44. The number of methoxy groups -OCH3 is 1. The molecule has 1 N–H and O–H groups in total. The lowest BCUT2D eigenvalue weighted by Gasteiger charge is -2.41. The first-order valence-corrected chi connectivity index (χ1v) is 8.08. The molecule has 0 saturated heterocycles. The number of aryl methyl sites for hydroxylation is 1. The second-order valence-electron chi connectivity index (χ2n) is 6.70. The van der Waals surface area contributed by atoms with Gasteiger partial charge in [-0.05, 0) is 56.6 Å². The first-order valence-electron chi connectivity index (χ1n) is 8.08. The van der Waals surface area contributed by atoms with Gasteiger partial charge in [-0.1, -0.05) is 24.3 Å². The van der Waals surface area contributed by atoms with Crippen LogP contribution in [0.2, 0.25) is 0 Å². The summed E-state index contributed by atoms with van der Waals surface area (Å²) in [5, 5.41) is 3.78. The summed E-state index contributed by atoms with van der Waals surface area (Å²) in [7, 11) is 1.83. The highest BCUT2D eigenvalue weighted by Crippen LogP contribution is 2.41. The maximum atomic E-state index is 5.59. The fourth-order valence-electron chi connectivity index (χ4n) is 3.74. The standard InChI is InChI=1S/C18H27NO/c1-14(20-2)12-18(13-19-16-9-10-16)11-5-7-15-6-3-4-8-17(15)18/h3-4,6,8,14,16,19H,5,7,9-13H2,1-2H3. The molecule has 1 fully saturated rings. The van der Waals surface area contributed by atoms with Gasteiger partial charge in [-0.3, -0.25) is 0 Å². The lowest BCUT2D eigenvalue weighted by atomic mass is 9.67. The topological polar surface area (TPSA) is 21.3 Å². The van der Waals surface area contributed by atoms with Crippen LogP contribution in [0.3, 0.4) is 0 Å². The molecule has 110 valence electrons. The third-order valence-electron chi connectivity index (χ3n) is 5.08. The summed E-state index contributed by atoms with van der Waals surface area (Å²) in [6, 6.07) is 9.83. The van der Waals surface area contributed by atoms with Crippen LogP contribution >= 0.6 is 0 Å². The van der Waals surface area contributed by atoms with E-state index >= 15 is 0 Å². The lowest BCUT2D eigenvalue weighted by Crippen LogP contribution is -2.44. The van der Waals surface area contributed by atoms with Gasteiger partial charge in [-0.15, -0.1) is 0 Å². The van der Waals surface area contributed by atoms with Crippen molar-refractivity contribution in [3.8, 4) is 0 Å². The van der Waals surface area contributed by atoms with Crippen molar-refractivity contribution >= 4 is 0 Å². The Hall–Kier alpha value is -0.860. The molecule has 0 radical (unpaired) electrons. The minimum absolute atomic E-state index is 0.271. The number of benzene rings is 1. The molecular formula is C18H27NO. The van der Waals surface area contributed by atoms with Gasteiger partial charge in [0.15, 0.2) is 0 Å². The monoisotopic (exact) mass is 273 g/mol. The second kappa shape index (κ2) is 5.87. The molecule has 2 heteroatoms. The van der Waals surface area contributed by atoms with Gasteiger partial charge in [-0.2, -0.15) is 0 Å². The van der Waals surface area contributed by atoms with E-state index in [9.17, 15) is 0 Å². The van der Waals surface area contributed by atoms with Gasteiger partial charge in [-0.25, -0.2) is 0 Å². The molecule has 0 heterocycles. The van der Waals surface area contributed by atoms with Crippen molar-refractivity contribution in [3.63, 3.8) is 0 Å². The van der Waals surface area contributed by atoms with Crippen molar-refractivity contribution in [2.45, 2.75) is 63.0 Å². The molecule has 2 atom stereocenters. The average Bonchev–Trinajstić information content (AvgIpc) is 3.30. The van der Waals surface area contributed by atoms with E-state index in [1.807, 2.05) is 7.11 Å². The summed E-state index contributed by atoms with van der Waals surface area (Å²) in [4.78, 5) is 0. The number of rotatable bonds is 6. The molecule has 2 unspecified atom stereocenters. The molecule has 2 nitrogen and oxygen atoms in total. The van der Waals surface area contributed by atoms with Gasteiger partial charge in [0.1, 0.15) is 0 Å². The van der Waals surface area contributed by atoms with Crippen LogP contribution < -0.4 is 5.32 Å². The molecule has 0 amide bonds. The highest BCUT2D eigenvalue weighted by atomic mass is 16.5. The first kappa shape index (κ1) is 14.1. The van der Waals surface area contributed by atoms with E-state index in [4.69, 9.17) is 4.74 Å². The summed E-state index contributed by atoms with van der Waals surface area (Å²) in [6.45, 7) is 3.32. The number of nitrogens with one attached hydrogen (secondary N) is 1. The maximum absolute atomic E-state index is 5.59. The zero-order valence-electron chi connectivity index (χ0n) is 12.8. The summed E-state index contributed by atoms with van der Waals surface area (Å²) < 4.78 is 5.59. The van der Waals surface area contributed by atoms with Gasteiger partial charge >= 0.3 is 0 Å². The molecule has 2 aliphatic carbocycles. The Morgan fingerprint density at radius 3 is 2.90 bits per heavy atom. The van der Waals surface area contributed by atoms with Crippen LogP contribution in [0.15, 0.2) is 24.3 Å². The van der Waals surface area contributed by atoms with E-state index in [-0.39, 0.29) is 5.41 Å². The Balaban J connectivity index is 1.87. The number of hydrogen-bond acceptors (Lipinski definition) is 2. The summed E-state index contributed by atoms with van der Waals surface area (Å²) in [5.41, 5.74) is 3.40. The van der Waals surface area contributed by atoms with Crippen LogP contribution in [0.4, 0.5) is 0 Å². The minimum Gasteiger partial charge on any atom is -0.382 e. The molecule has 2 aliphatic rings. The predicted molar refractivity (Wildman–Crippen MR) is 83.2 cm³/mol. The summed E-state index contributed by atoms with van der Waals surface area (Å²) in [6.07, 6.45) is 8.00. The quantitative estimate of drug-likeness (QED) is 0.857. The van der Waals surface area contributed by atoms with Crippen molar-refractivity contribution in [1.29, 1.82) is 0 Å². The third kappa shape index (κ3) is 2.91. The molecule has 0 aliphatic heterocycles. The van der Waals surface area contributed by atoms with Gasteiger partial charge < -0.3 is 10.1 Å². The van der Waals surface area contributed by atoms with E-state index in [0.29, 0.717) is 6.10 Å². The van der Waals surface area contributed by atoms with Gasteiger partial charge in [0.05, 0.1) is 6.10 Å². The molecule has 1 aromatic rings. The lowest BCUT2D eigenvalue weighted by molar-refractivity contribution is 0.0812.